The quantitative estimate of drug-likeness (QED) is 0.639. The van der Waals surface area contributed by atoms with Crippen molar-refractivity contribution in [3.63, 3.8) is 0 Å². The fourth-order valence-electron chi connectivity index (χ4n) is 3.50. The van der Waals surface area contributed by atoms with E-state index < -0.39 is 0 Å². The lowest BCUT2D eigenvalue weighted by Gasteiger charge is -2.38. The largest absolute Gasteiger partial charge is 0.353 e. The summed E-state index contributed by atoms with van der Waals surface area (Å²) in [6, 6.07) is 0.886. The third kappa shape index (κ3) is 4.99. The van der Waals surface area contributed by atoms with Crippen LogP contribution in [0.5, 0.6) is 0 Å². The standard InChI is InChI=1S/C16H32N2O2/c1-3-19-16(20-4-2)9-10-17-11-13-18(14-12-17)15-7-5-6-8-15/h15-16H,3-14H2,1-2H3. The number of hydrogen-bond donors (Lipinski definition) is 0. The maximum atomic E-state index is 5.62. The average Bonchev–Trinajstić information content (AvgIpc) is 3.00. The van der Waals surface area contributed by atoms with Gasteiger partial charge >= 0.3 is 0 Å². The number of rotatable bonds is 8. The first-order chi connectivity index (χ1) is 9.83. The zero-order valence-electron chi connectivity index (χ0n) is 13.4. The van der Waals surface area contributed by atoms with Crippen LogP contribution in [0, 0.1) is 0 Å². The van der Waals surface area contributed by atoms with Crippen LogP contribution in [0.25, 0.3) is 0 Å². The highest BCUT2D eigenvalue weighted by molar-refractivity contribution is 4.82. The smallest absolute Gasteiger partial charge is 0.158 e. The van der Waals surface area contributed by atoms with Crippen molar-refractivity contribution in [1.82, 2.24) is 9.80 Å². The van der Waals surface area contributed by atoms with E-state index in [1.165, 1.54) is 51.9 Å². The Bertz CT molecular complexity index is 243. The molecule has 0 unspecified atom stereocenters. The van der Waals surface area contributed by atoms with E-state index in [9.17, 15) is 0 Å². The molecule has 0 amide bonds. The van der Waals surface area contributed by atoms with E-state index in [1.54, 1.807) is 0 Å². The summed E-state index contributed by atoms with van der Waals surface area (Å²) >= 11 is 0. The fraction of sp³-hybridized carbons (Fsp3) is 1.00. The average molecular weight is 284 g/mol. The van der Waals surface area contributed by atoms with Gasteiger partial charge in [0.1, 0.15) is 0 Å². The van der Waals surface area contributed by atoms with Gasteiger partial charge in [0, 0.05) is 58.4 Å². The summed E-state index contributed by atoms with van der Waals surface area (Å²) in [5.74, 6) is 0. The van der Waals surface area contributed by atoms with Gasteiger partial charge in [-0.15, -0.1) is 0 Å². The Morgan fingerprint density at radius 2 is 1.55 bits per heavy atom. The molecule has 20 heavy (non-hydrogen) atoms. The van der Waals surface area contributed by atoms with Crippen molar-refractivity contribution in [2.24, 2.45) is 0 Å². The number of piperazine rings is 1. The van der Waals surface area contributed by atoms with Gasteiger partial charge in [-0.3, -0.25) is 4.90 Å². The topological polar surface area (TPSA) is 24.9 Å². The van der Waals surface area contributed by atoms with E-state index >= 15 is 0 Å². The van der Waals surface area contributed by atoms with E-state index in [0.717, 1.165) is 32.2 Å². The summed E-state index contributed by atoms with van der Waals surface area (Å²) in [5.41, 5.74) is 0. The maximum absolute atomic E-state index is 5.62. The molecule has 0 spiro atoms. The molecule has 0 aromatic rings. The Kier molecular flexibility index (Phi) is 7.28. The van der Waals surface area contributed by atoms with Crippen LogP contribution in [-0.2, 0) is 9.47 Å². The van der Waals surface area contributed by atoms with Gasteiger partial charge in [-0.05, 0) is 26.7 Å². The lowest BCUT2D eigenvalue weighted by molar-refractivity contribution is -0.142. The predicted molar refractivity (Wildman–Crippen MR) is 81.9 cm³/mol. The van der Waals surface area contributed by atoms with Gasteiger partial charge in [0.2, 0.25) is 0 Å². The first-order valence-electron chi connectivity index (χ1n) is 8.53. The highest BCUT2D eigenvalue weighted by Gasteiger charge is 2.26. The Morgan fingerprint density at radius 3 is 2.10 bits per heavy atom. The minimum atomic E-state index is -0.0159. The van der Waals surface area contributed by atoms with Crippen molar-refractivity contribution in [3.05, 3.63) is 0 Å². The molecular formula is C16H32N2O2. The molecule has 1 aliphatic heterocycles. The van der Waals surface area contributed by atoms with Crippen molar-refractivity contribution in [2.75, 3.05) is 45.9 Å². The Morgan fingerprint density at radius 1 is 0.950 bits per heavy atom. The Balaban J connectivity index is 1.63. The van der Waals surface area contributed by atoms with E-state index in [1.807, 2.05) is 13.8 Å². The van der Waals surface area contributed by atoms with Crippen molar-refractivity contribution >= 4 is 0 Å². The zero-order valence-corrected chi connectivity index (χ0v) is 13.4. The summed E-state index contributed by atoms with van der Waals surface area (Å²) in [7, 11) is 0. The van der Waals surface area contributed by atoms with Crippen LogP contribution >= 0.6 is 0 Å². The first kappa shape index (κ1) is 16.2. The van der Waals surface area contributed by atoms with Crippen molar-refractivity contribution in [1.29, 1.82) is 0 Å². The molecule has 0 bridgehead atoms. The van der Waals surface area contributed by atoms with Crippen molar-refractivity contribution in [3.8, 4) is 0 Å². The summed E-state index contributed by atoms with van der Waals surface area (Å²) in [6.45, 7) is 11.6. The number of hydrogen-bond acceptors (Lipinski definition) is 4. The predicted octanol–water partition coefficient (Wildman–Crippen LogP) is 2.34. The monoisotopic (exact) mass is 284 g/mol. The van der Waals surface area contributed by atoms with Crippen LogP contribution in [0.15, 0.2) is 0 Å². The molecule has 1 aliphatic carbocycles. The lowest BCUT2D eigenvalue weighted by atomic mass is 10.2. The summed E-state index contributed by atoms with van der Waals surface area (Å²) in [6.07, 6.45) is 6.71. The van der Waals surface area contributed by atoms with Crippen LogP contribution in [0.1, 0.15) is 46.0 Å². The zero-order chi connectivity index (χ0) is 14.2. The number of nitrogens with zero attached hydrogens (tertiary/aromatic N) is 2. The van der Waals surface area contributed by atoms with E-state index in [2.05, 4.69) is 9.80 Å². The first-order valence-corrected chi connectivity index (χ1v) is 8.53. The highest BCUT2D eigenvalue weighted by Crippen LogP contribution is 2.24. The van der Waals surface area contributed by atoms with Crippen LogP contribution in [0.2, 0.25) is 0 Å². The maximum Gasteiger partial charge on any atom is 0.158 e. The van der Waals surface area contributed by atoms with Gasteiger partial charge in [-0.1, -0.05) is 12.8 Å². The molecule has 2 aliphatic rings. The van der Waals surface area contributed by atoms with E-state index in [-0.39, 0.29) is 6.29 Å². The summed E-state index contributed by atoms with van der Waals surface area (Å²) < 4.78 is 11.2. The second kappa shape index (κ2) is 8.98. The van der Waals surface area contributed by atoms with Gasteiger partial charge < -0.3 is 14.4 Å². The molecule has 1 saturated heterocycles. The van der Waals surface area contributed by atoms with Gasteiger partial charge in [-0.2, -0.15) is 0 Å². The second-order valence-electron chi connectivity index (χ2n) is 5.94. The SMILES string of the molecule is CCOC(CCN1CCN(C2CCCC2)CC1)OCC. The molecule has 1 saturated carbocycles. The molecule has 0 aromatic carbocycles. The third-order valence-corrected chi connectivity index (χ3v) is 4.63. The van der Waals surface area contributed by atoms with Crippen molar-refractivity contribution < 1.29 is 9.47 Å². The lowest BCUT2D eigenvalue weighted by Crippen LogP contribution is -2.50. The molecule has 0 N–H and O–H groups in total. The fourth-order valence-corrected chi connectivity index (χ4v) is 3.50. The van der Waals surface area contributed by atoms with E-state index in [0.29, 0.717) is 0 Å². The van der Waals surface area contributed by atoms with Crippen LogP contribution in [0.3, 0.4) is 0 Å². The normalized spacial score (nSPS) is 22.9. The molecule has 1 heterocycles. The molecule has 4 nitrogen and oxygen atoms in total. The minimum absolute atomic E-state index is 0.0159. The van der Waals surface area contributed by atoms with Crippen LogP contribution in [-0.4, -0.2) is 68.1 Å². The molecular weight excluding hydrogens is 252 g/mol. The third-order valence-electron chi connectivity index (χ3n) is 4.63. The van der Waals surface area contributed by atoms with Gasteiger partial charge in [0.15, 0.2) is 6.29 Å². The molecule has 0 atom stereocenters. The van der Waals surface area contributed by atoms with Crippen LogP contribution < -0.4 is 0 Å². The molecule has 4 heteroatoms. The van der Waals surface area contributed by atoms with Gasteiger partial charge in [-0.25, -0.2) is 0 Å². The highest BCUT2D eigenvalue weighted by atomic mass is 16.7. The van der Waals surface area contributed by atoms with Crippen LogP contribution in [0.4, 0.5) is 0 Å². The molecule has 2 rings (SSSR count). The minimum Gasteiger partial charge on any atom is -0.353 e. The number of ether oxygens (including phenoxy) is 2. The molecule has 0 radical (unpaired) electrons. The summed E-state index contributed by atoms with van der Waals surface area (Å²) in [4.78, 5) is 5.28. The van der Waals surface area contributed by atoms with Crippen molar-refractivity contribution in [2.45, 2.75) is 58.3 Å². The molecule has 118 valence electrons. The van der Waals surface area contributed by atoms with Gasteiger partial charge in [0.05, 0.1) is 0 Å². The van der Waals surface area contributed by atoms with E-state index in [4.69, 9.17) is 9.47 Å². The molecule has 0 aromatic heterocycles. The molecule has 2 fully saturated rings. The Hall–Kier alpha value is -0.160. The second-order valence-corrected chi connectivity index (χ2v) is 5.94. The summed E-state index contributed by atoms with van der Waals surface area (Å²) in [5, 5.41) is 0. The Labute approximate surface area is 124 Å². The van der Waals surface area contributed by atoms with Gasteiger partial charge in [0.25, 0.3) is 0 Å².